The highest BCUT2D eigenvalue weighted by Crippen LogP contribution is 2.30. The number of nitrogens with zero attached hydrogens (tertiary/aromatic N) is 2. The van der Waals surface area contributed by atoms with Gasteiger partial charge < -0.3 is 20.1 Å². The number of ether oxygens (including phenoxy) is 2. The Morgan fingerprint density at radius 1 is 0.963 bits per heavy atom. The first-order valence-electron chi connectivity index (χ1n) is 8.48. The normalized spacial score (nSPS) is 10.3. The van der Waals surface area contributed by atoms with E-state index in [2.05, 4.69) is 20.6 Å². The van der Waals surface area contributed by atoms with Crippen LogP contribution in [0.2, 0.25) is 5.02 Å². The van der Waals surface area contributed by atoms with E-state index in [4.69, 9.17) is 21.1 Å². The molecule has 6 nitrogen and oxygen atoms in total. The lowest BCUT2D eigenvalue weighted by Gasteiger charge is -2.11. The molecule has 7 heteroatoms. The van der Waals surface area contributed by atoms with Crippen molar-refractivity contribution in [3.05, 3.63) is 65.3 Å². The van der Waals surface area contributed by atoms with Gasteiger partial charge in [-0.2, -0.15) is 4.98 Å². The maximum Gasteiger partial charge on any atom is 0.229 e. The predicted octanol–water partition coefficient (Wildman–Crippen LogP) is 4.55. The van der Waals surface area contributed by atoms with Crippen LogP contribution >= 0.6 is 11.6 Å². The Morgan fingerprint density at radius 3 is 2.48 bits per heavy atom. The van der Waals surface area contributed by atoms with Crippen LogP contribution in [-0.2, 0) is 6.42 Å². The Balaban J connectivity index is 1.60. The summed E-state index contributed by atoms with van der Waals surface area (Å²) in [5, 5.41) is 7.22. The largest absolute Gasteiger partial charge is 0.493 e. The molecule has 0 aliphatic rings. The van der Waals surface area contributed by atoms with Crippen LogP contribution in [0.25, 0.3) is 0 Å². The fourth-order valence-corrected chi connectivity index (χ4v) is 2.67. The van der Waals surface area contributed by atoms with Gasteiger partial charge in [0, 0.05) is 29.5 Å². The van der Waals surface area contributed by atoms with E-state index in [0.717, 1.165) is 29.5 Å². The zero-order valence-corrected chi connectivity index (χ0v) is 16.0. The maximum atomic E-state index is 5.91. The summed E-state index contributed by atoms with van der Waals surface area (Å²) < 4.78 is 10.6. The molecule has 2 N–H and O–H groups in total. The average molecular weight is 385 g/mol. The molecule has 27 heavy (non-hydrogen) atoms. The van der Waals surface area contributed by atoms with E-state index in [-0.39, 0.29) is 0 Å². The van der Waals surface area contributed by atoms with Crippen molar-refractivity contribution in [1.29, 1.82) is 0 Å². The van der Waals surface area contributed by atoms with Crippen LogP contribution < -0.4 is 20.1 Å². The average Bonchev–Trinajstić information content (AvgIpc) is 2.70. The molecule has 0 bridgehead atoms. The van der Waals surface area contributed by atoms with Crippen molar-refractivity contribution in [2.24, 2.45) is 0 Å². The number of aromatic nitrogens is 2. The Morgan fingerprint density at radius 2 is 1.74 bits per heavy atom. The lowest BCUT2D eigenvalue weighted by molar-refractivity contribution is 0.355. The molecule has 0 aliphatic heterocycles. The van der Waals surface area contributed by atoms with Gasteiger partial charge in [-0.05, 0) is 42.3 Å². The van der Waals surface area contributed by atoms with Gasteiger partial charge in [-0.15, -0.1) is 0 Å². The monoisotopic (exact) mass is 384 g/mol. The molecule has 0 amide bonds. The van der Waals surface area contributed by atoms with Crippen molar-refractivity contribution >= 4 is 29.1 Å². The van der Waals surface area contributed by atoms with Crippen LogP contribution in [0.4, 0.5) is 17.5 Å². The highest BCUT2D eigenvalue weighted by atomic mass is 35.5. The number of hydrogen-bond acceptors (Lipinski definition) is 6. The Bertz CT molecular complexity index is 887. The first-order valence-corrected chi connectivity index (χ1v) is 8.86. The van der Waals surface area contributed by atoms with Gasteiger partial charge >= 0.3 is 0 Å². The molecule has 140 valence electrons. The molecule has 1 heterocycles. The quantitative estimate of drug-likeness (QED) is 0.594. The van der Waals surface area contributed by atoms with Crippen molar-refractivity contribution in [2.75, 3.05) is 31.4 Å². The summed E-state index contributed by atoms with van der Waals surface area (Å²) in [4.78, 5) is 8.74. The molecule has 0 saturated heterocycles. The van der Waals surface area contributed by atoms with Crippen LogP contribution in [0.15, 0.2) is 54.7 Å². The number of hydrogen-bond donors (Lipinski definition) is 2. The molecular formula is C20H21ClN4O2. The minimum absolute atomic E-state index is 0.499. The third-order valence-electron chi connectivity index (χ3n) is 3.93. The van der Waals surface area contributed by atoms with E-state index < -0.39 is 0 Å². The number of nitrogens with one attached hydrogen (secondary N) is 2. The predicted molar refractivity (Wildman–Crippen MR) is 109 cm³/mol. The molecule has 0 unspecified atom stereocenters. The molecule has 3 aromatic rings. The summed E-state index contributed by atoms with van der Waals surface area (Å²) >= 11 is 5.91. The molecule has 3 rings (SSSR count). The van der Waals surface area contributed by atoms with Crippen molar-refractivity contribution < 1.29 is 9.47 Å². The number of anilines is 3. The summed E-state index contributed by atoms with van der Waals surface area (Å²) in [6.45, 7) is 0.758. The summed E-state index contributed by atoms with van der Waals surface area (Å²) in [6, 6.07) is 15.2. The summed E-state index contributed by atoms with van der Waals surface area (Å²) in [5.74, 6) is 2.56. The lowest BCUT2D eigenvalue weighted by atomic mass is 10.1. The third-order valence-corrected chi connectivity index (χ3v) is 4.18. The van der Waals surface area contributed by atoms with E-state index in [9.17, 15) is 0 Å². The molecule has 0 atom stereocenters. The van der Waals surface area contributed by atoms with E-state index >= 15 is 0 Å². The molecule has 0 saturated carbocycles. The number of benzene rings is 2. The highest BCUT2D eigenvalue weighted by molar-refractivity contribution is 6.30. The number of rotatable bonds is 8. The van der Waals surface area contributed by atoms with Gasteiger partial charge in [0.1, 0.15) is 5.82 Å². The number of halogens is 1. The summed E-state index contributed by atoms with van der Waals surface area (Å²) in [7, 11) is 3.20. The Labute approximate surface area is 163 Å². The molecular weight excluding hydrogens is 364 g/mol. The van der Waals surface area contributed by atoms with Crippen LogP contribution in [0.1, 0.15) is 5.56 Å². The summed E-state index contributed by atoms with van der Waals surface area (Å²) in [5.41, 5.74) is 2.02. The Hall–Kier alpha value is -2.99. The minimum Gasteiger partial charge on any atom is -0.493 e. The van der Waals surface area contributed by atoms with Gasteiger partial charge in [-0.25, -0.2) is 4.98 Å². The highest BCUT2D eigenvalue weighted by Gasteiger charge is 2.06. The molecule has 0 spiro atoms. The number of methoxy groups -OCH3 is 2. The molecule has 2 aromatic carbocycles. The molecule has 0 aliphatic carbocycles. The zero-order chi connectivity index (χ0) is 19.1. The van der Waals surface area contributed by atoms with Crippen LogP contribution in [0.5, 0.6) is 11.5 Å². The van der Waals surface area contributed by atoms with Gasteiger partial charge in [-0.3, -0.25) is 0 Å². The van der Waals surface area contributed by atoms with E-state index in [1.807, 2.05) is 48.5 Å². The molecule has 1 aromatic heterocycles. The van der Waals surface area contributed by atoms with Gasteiger partial charge in [-0.1, -0.05) is 23.7 Å². The van der Waals surface area contributed by atoms with Crippen LogP contribution in [-0.4, -0.2) is 30.7 Å². The van der Waals surface area contributed by atoms with Gasteiger partial charge in [0.25, 0.3) is 0 Å². The second-order valence-corrected chi connectivity index (χ2v) is 6.20. The van der Waals surface area contributed by atoms with E-state index in [1.165, 1.54) is 5.56 Å². The second-order valence-electron chi connectivity index (χ2n) is 5.76. The van der Waals surface area contributed by atoms with Crippen LogP contribution in [0, 0.1) is 0 Å². The van der Waals surface area contributed by atoms with Gasteiger partial charge in [0.15, 0.2) is 11.5 Å². The third kappa shape index (κ3) is 5.24. The minimum atomic E-state index is 0.499. The van der Waals surface area contributed by atoms with Crippen molar-refractivity contribution in [2.45, 2.75) is 6.42 Å². The van der Waals surface area contributed by atoms with Gasteiger partial charge in [0.05, 0.1) is 14.2 Å². The maximum absolute atomic E-state index is 5.91. The zero-order valence-electron chi connectivity index (χ0n) is 15.2. The first kappa shape index (κ1) is 18.8. The molecule has 0 fully saturated rings. The first-order chi connectivity index (χ1) is 13.2. The summed E-state index contributed by atoms with van der Waals surface area (Å²) in [6.07, 6.45) is 2.58. The lowest BCUT2D eigenvalue weighted by Crippen LogP contribution is -2.07. The Kier molecular flexibility index (Phi) is 6.33. The van der Waals surface area contributed by atoms with E-state index in [1.54, 1.807) is 20.4 Å². The molecule has 0 radical (unpaired) electrons. The fraction of sp³-hybridized carbons (Fsp3) is 0.200. The second kappa shape index (κ2) is 9.09. The van der Waals surface area contributed by atoms with Crippen molar-refractivity contribution in [3.63, 3.8) is 0 Å². The SMILES string of the molecule is COc1ccc(Nc2nccc(NCCc3ccc(Cl)cc3)n2)cc1OC. The van der Waals surface area contributed by atoms with E-state index in [0.29, 0.717) is 17.4 Å². The van der Waals surface area contributed by atoms with Crippen molar-refractivity contribution in [1.82, 2.24) is 9.97 Å². The van der Waals surface area contributed by atoms with Crippen LogP contribution in [0.3, 0.4) is 0 Å². The van der Waals surface area contributed by atoms with Crippen molar-refractivity contribution in [3.8, 4) is 11.5 Å². The smallest absolute Gasteiger partial charge is 0.229 e. The fourth-order valence-electron chi connectivity index (χ4n) is 2.55. The van der Waals surface area contributed by atoms with Gasteiger partial charge in [0.2, 0.25) is 5.95 Å². The standard InChI is InChI=1S/C20H21ClN4O2/c1-26-17-8-7-16(13-18(17)27-2)24-20-23-12-10-19(25-20)22-11-9-14-3-5-15(21)6-4-14/h3-8,10,12-13H,9,11H2,1-2H3,(H2,22,23,24,25). The topological polar surface area (TPSA) is 68.3 Å².